The molecule has 0 spiro atoms. The molecular weight excluding hydrogens is 315 g/mol. The molecule has 0 aliphatic heterocycles. The molecule has 0 bridgehead atoms. The van der Waals surface area contributed by atoms with Gasteiger partial charge in [-0.2, -0.15) is 0 Å². The van der Waals surface area contributed by atoms with Gasteiger partial charge in [-0.15, -0.1) is 0 Å². The molecule has 0 fully saturated rings. The summed E-state index contributed by atoms with van der Waals surface area (Å²) in [5.74, 6) is -0.271. The first-order valence-corrected chi connectivity index (χ1v) is 7.92. The van der Waals surface area contributed by atoms with Gasteiger partial charge >= 0.3 is 6.03 Å². The number of hydrogen-bond donors (Lipinski definition) is 3. The SMILES string of the molecule is O=C(NCCc1cccc(F)c1)NSc1nc2ccccc2[nH]1. The molecule has 1 aromatic heterocycles. The van der Waals surface area contributed by atoms with Gasteiger partial charge in [-0.25, -0.2) is 14.2 Å². The smallest absolute Gasteiger partial charge is 0.325 e. The van der Waals surface area contributed by atoms with E-state index in [0.29, 0.717) is 18.1 Å². The number of amides is 2. The van der Waals surface area contributed by atoms with Crippen LogP contribution in [0.4, 0.5) is 9.18 Å². The molecule has 118 valence electrons. The average Bonchev–Trinajstić information content (AvgIpc) is 2.96. The van der Waals surface area contributed by atoms with E-state index in [-0.39, 0.29) is 11.8 Å². The molecule has 1 heterocycles. The van der Waals surface area contributed by atoms with Crippen molar-refractivity contribution in [1.82, 2.24) is 20.0 Å². The van der Waals surface area contributed by atoms with Crippen LogP contribution in [0.3, 0.4) is 0 Å². The van der Waals surface area contributed by atoms with Crippen LogP contribution in [0.15, 0.2) is 53.7 Å². The van der Waals surface area contributed by atoms with Gasteiger partial charge in [-0.3, -0.25) is 4.72 Å². The minimum absolute atomic E-state index is 0.271. The van der Waals surface area contributed by atoms with Crippen molar-refractivity contribution in [2.75, 3.05) is 6.54 Å². The van der Waals surface area contributed by atoms with E-state index in [1.54, 1.807) is 6.07 Å². The van der Waals surface area contributed by atoms with E-state index in [4.69, 9.17) is 0 Å². The Hall–Kier alpha value is -2.54. The predicted molar refractivity (Wildman–Crippen MR) is 88.6 cm³/mol. The predicted octanol–water partition coefficient (Wildman–Crippen LogP) is 3.25. The summed E-state index contributed by atoms with van der Waals surface area (Å²) in [5, 5.41) is 3.34. The van der Waals surface area contributed by atoms with Gasteiger partial charge in [0.25, 0.3) is 0 Å². The van der Waals surface area contributed by atoms with Crippen molar-refractivity contribution in [2.45, 2.75) is 11.6 Å². The number of benzene rings is 2. The van der Waals surface area contributed by atoms with E-state index < -0.39 is 0 Å². The Kier molecular flexibility index (Phi) is 4.77. The number of aromatic amines is 1. The number of nitrogens with one attached hydrogen (secondary N) is 3. The van der Waals surface area contributed by atoms with Crippen molar-refractivity contribution >= 4 is 29.0 Å². The topological polar surface area (TPSA) is 69.8 Å². The van der Waals surface area contributed by atoms with Crippen molar-refractivity contribution in [3.05, 3.63) is 59.9 Å². The van der Waals surface area contributed by atoms with Crippen LogP contribution in [-0.2, 0) is 6.42 Å². The average molecular weight is 330 g/mol. The van der Waals surface area contributed by atoms with Crippen LogP contribution in [0.5, 0.6) is 0 Å². The normalized spacial score (nSPS) is 10.7. The minimum Gasteiger partial charge on any atom is -0.337 e. The van der Waals surface area contributed by atoms with E-state index >= 15 is 0 Å². The maximum Gasteiger partial charge on any atom is 0.325 e. The van der Waals surface area contributed by atoms with Gasteiger partial charge in [0, 0.05) is 18.5 Å². The third-order valence-corrected chi connectivity index (χ3v) is 3.87. The molecule has 0 aliphatic rings. The van der Waals surface area contributed by atoms with Crippen molar-refractivity contribution in [1.29, 1.82) is 0 Å². The second kappa shape index (κ2) is 7.15. The minimum atomic E-state index is -0.313. The summed E-state index contributed by atoms with van der Waals surface area (Å²) < 4.78 is 15.7. The van der Waals surface area contributed by atoms with Gasteiger partial charge in [0.2, 0.25) is 0 Å². The molecule has 3 rings (SSSR count). The summed E-state index contributed by atoms with van der Waals surface area (Å²) in [4.78, 5) is 19.2. The quantitative estimate of drug-likeness (QED) is 0.629. The lowest BCUT2D eigenvalue weighted by Crippen LogP contribution is -2.32. The molecule has 0 saturated heterocycles. The highest BCUT2D eigenvalue weighted by Crippen LogP contribution is 2.16. The number of fused-ring (bicyclic) bond motifs is 1. The summed E-state index contributed by atoms with van der Waals surface area (Å²) in [6.07, 6.45) is 0.570. The van der Waals surface area contributed by atoms with Crippen molar-refractivity contribution in [2.24, 2.45) is 0 Å². The third kappa shape index (κ3) is 4.23. The fourth-order valence-corrected chi connectivity index (χ4v) is 2.69. The first kappa shape index (κ1) is 15.4. The zero-order chi connectivity index (χ0) is 16.1. The van der Waals surface area contributed by atoms with Gasteiger partial charge in [-0.1, -0.05) is 24.3 Å². The first-order chi connectivity index (χ1) is 11.2. The molecule has 3 aromatic rings. The molecule has 23 heavy (non-hydrogen) atoms. The lowest BCUT2D eigenvalue weighted by molar-refractivity contribution is 0.246. The summed E-state index contributed by atoms with van der Waals surface area (Å²) in [6.45, 7) is 0.427. The number of aromatic nitrogens is 2. The standard InChI is InChI=1S/C16H15FN4OS/c17-12-5-3-4-11(10-12)8-9-18-15(22)21-23-16-19-13-6-1-2-7-14(13)20-16/h1-7,10H,8-9H2,(H,19,20)(H2,18,21,22). The van der Waals surface area contributed by atoms with E-state index in [0.717, 1.165) is 28.5 Å². The second-order valence-electron chi connectivity index (χ2n) is 4.90. The summed E-state index contributed by atoms with van der Waals surface area (Å²) in [7, 11) is 0. The highest BCUT2D eigenvalue weighted by atomic mass is 32.2. The van der Waals surface area contributed by atoms with Crippen LogP contribution < -0.4 is 10.0 Å². The van der Waals surface area contributed by atoms with Gasteiger partial charge in [0.15, 0.2) is 5.16 Å². The molecule has 0 unspecified atom stereocenters. The van der Waals surface area contributed by atoms with Crippen LogP contribution in [-0.4, -0.2) is 22.5 Å². The van der Waals surface area contributed by atoms with Crippen molar-refractivity contribution < 1.29 is 9.18 Å². The number of carbonyl (C=O) groups is 1. The number of rotatable bonds is 5. The monoisotopic (exact) mass is 330 g/mol. The zero-order valence-corrected chi connectivity index (χ0v) is 13.0. The molecule has 7 heteroatoms. The fourth-order valence-electron chi connectivity index (χ4n) is 2.12. The number of urea groups is 1. The Balaban J connectivity index is 1.44. The van der Waals surface area contributed by atoms with Crippen molar-refractivity contribution in [3.63, 3.8) is 0 Å². The Morgan fingerprint density at radius 3 is 2.91 bits per heavy atom. The maximum atomic E-state index is 13.0. The van der Waals surface area contributed by atoms with E-state index in [2.05, 4.69) is 20.0 Å². The lowest BCUT2D eigenvalue weighted by atomic mass is 10.1. The number of imidazole rings is 1. The molecule has 3 N–H and O–H groups in total. The lowest BCUT2D eigenvalue weighted by Gasteiger charge is -2.05. The second-order valence-corrected chi connectivity index (χ2v) is 5.69. The molecule has 0 aliphatic carbocycles. The highest BCUT2D eigenvalue weighted by molar-refractivity contribution is 7.97. The summed E-state index contributed by atoms with van der Waals surface area (Å²) in [5.41, 5.74) is 2.61. The summed E-state index contributed by atoms with van der Waals surface area (Å²) in [6, 6.07) is 13.7. The number of carbonyl (C=O) groups excluding carboxylic acids is 1. The van der Waals surface area contributed by atoms with Crippen LogP contribution >= 0.6 is 11.9 Å². The number of nitrogens with zero attached hydrogens (tertiary/aromatic N) is 1. The first-order valence-electron chi connectivity index (χ1n) is 7.10. The Bertz CT molecular complexity index is 787. The molecule has 0 atom stereocenters. The largest absolute Gasteiger partial charge is 0.337 e. The van der Waals surface area contributed by atoms with Gasteiger partial charge in [-0.05, 0) is 36.2 Å². The van der Waals surface area contributed by atoms with Crippen molar-refractivity contribution in [3.8, 4) is 0 Å². The van der Waals surface area contributed by atoms with Gasteiger partial charge < -0.3 is 10.3 Å². The molecule has 2 aromatic carbocycles. The number of halogens is 1. The van der Waals surface area contributed by atoms with Crippen LogP contribution in [0, 0.1) is 5.82 Å². The Labute approximate surface area is 136 Å². The van der Waals surface area contributed by atoms with Gasteiger partial charge in [0.05, 0.1) is 11.0 Å². The fraction of sp³-hybridized carbons (Fsp3) is 0.125. The molecular formula is C16H15FN4OS. The van der Waals surface area contributed by atoms with E-state index in [1.807, 2.05) is 30.3 Å². The molecule has 0 saturated carbocycles. The Morgan fingerprint density at radius 2 is 2.09 bits per heavy atom. The summed E-state index contributed by atoms with van der Waals surface area (Å²) >= 11 is 1.11. The number of H-pyrrole nitrogens is 1. The molecule has 5 nitrogen and oxygen atoms in total. The number of hydrogen-bond acceptors (Lipinski definition) is 3. The molecule has 2 amide bonds. The third-order valence-electron chi connectivity index (χ3n) is 3.20. The zero-order valence-electron chi connectivity index (χ0n) is 12.2. The van der Waals surface area contributed by atoms with Gasteiger partial charge in [0.1, 0.15) is 5.82 Å². The van der Waals surface area contributed by atoms with Crippen LogP contribution in [0.1, 0.15) is 5.56 Å². The number of para-hydroxylation sites is 2. The molecule has 0 radical (unpaired) electrons. The highest BCUT2D eigenvalue weighted by Gasteiger charge is 2.05. The van der Waals surface area contributed by atoms with E-state index in [9.17, 15) is 9.18 Å². The maximum absolute atomic E-state index is 13.0. The van der Waals surface area contributed by atoms with Crippen LogP contribution in [0.25, 0.3) is 11.0 Å². The Morgan fingerprint density at radius 1 is 1.22 bits per heavy atom. The van der Waals surface area contributed by atoms with Crippen LogP contribution in [0.2, 0.25) is 0 Å². The van der Waals surface area contributed by atoms with E-state index in [1.165, 1.54) is 12.1 Å².